The SMILES string of the molecule is CC/C=C\C/C=C\C/C=C\C/C=C\C/C=C\CCCCCCCCCCOCC(COC1OC(CO)C(O)C(O)C1O)OC(=O)CCCCCCCCCCCCCCCC. The second-order valence-electron chi connectivity index (χ2n) is 16.9. The molecule has 0 amide bonds. The molecule has 6 atom stereocenters. The molecule has 0 saturated carbocycles. The number of unbranched alkanes of at least 4 members (excludes halogenated alkanes) is 21. The molecule has 4 N–H and O–H groups in total. The molecule has 1 heterocycles. The smallest absolute Gasteiger partial charge is 0.306 e. The van der Waals surface area contributed by atoms with Crippen LogP contribution in [0.1, 0.15) is 200 Å². The number of aliphatic hydroxyl groups excluding tert-OH is 4. The van der Waals surface area contributed by atoms with Crippen molar-refractivity contribution in [3.05, 3.63) is 60.8 Å². The van der Waals surface area contributed by atoms with E-state index in [-0.39, 0.29) is 19.2 Å². The molecule has 9 nitrogen and oxygen atoms in total. The Morgan fingerprint density at radius 1 is 0.541 bits per heavy atom. The van der Waals surface area contributed by atoms with Gasteiger partial charge in [0.2, 0.25) is 0 Å². The van der Waals surface area contributed by atoms with Crippen molar-refractivity contribution in [1.82, 2.24) is 0 Å². The van der Waals surface area contributed by atoms with Crippen molar-refractivity contribution in [2.24, 2.45) is 0 Å². The number of carbonyl (C=O) groups excluding carboxylic acids is 1. The van der Waals surface area contributed by atoms with E-state index in [0.29, 0.717) is 13.0 Å². The number of aliphatic hydroxyl groups is 4. The van der Waals surface area contributed by atoms with Gasteiger partial charge in [-0.3, -0.25) is 4.79 Å². The molecular formula is C52H92O9. The lowest BCUT2D eigenvalue weighted by Crippen LogP contribution is -2.59. The fraction of sp³-hybridized carbons (Fsp3) is 0.788. The number of hydrogen-bond acceptors (Lipinski definition) is 9. The summed E-state index contributed by atoms with van der Waals surface area (Å²) >= 11 is 0. The van der Waals surface area contributed by atoms with Crippen molar-refractivity contribution in [3.63, 3.8) is 0 Å². The van der Waals surface area contributed by atoms with E-state index in [1.807, 2.05) is 0 Å². The summed E-state index contributed by atoms with van der Waals surface area (Å²) in [6.07, 6.45) is 48.2. The molecule has 1 aliphatic rings. The highest BCUT2D eigenvalue weighted by Gasteiger charge is 2.44. The molecule has 0 bridgehead atoms. The predicted molar refractivity (Wildman–Crippen MR) is 251 cm³/mol. The van der Waals surface area contributed by atoms with Crippen molar-refractivity contribution in [2.45, 2.75) is 237 Å². The molecule has 0 aliphatic carbocycles. The van der Waals surface area contributed by atoms with Crippen LogP contribution in [0.3, 0.4) is 0 Å². The maximum atomic E-state index is 12.8. The van der Waals surface area contributed by atoms with Crippen LogP contribution in [-0.2, 0) is 23.7 Å². The lowest BCUT2D eigenvalue weighted by atomic mass is 9.99. The molecule has 0 aromatic carbocycles. The highest BCUT2D eigenvalue weighted by atomic mass is 16.7. The van der Waals surface area contributed by atoms with E-state index < -0.39 is 43.4 Å². The molecule has 354 valence electrons. The van der Waals surface area contributed by atoms with Crippen LogP contribution in [-0.4, -0.2) is 89.6 Å². The monoisotopic (exact) mass is 861 g/mol. The summed E-state index contributed by atoms with van der Waals surface area (Å²) < 4.78 is 22.9. The third-order valence-electron chi connectivity index (χ3n) is 11.2. The van der Waals surface area contributed by atoms with E-state index in [0.717, 1.165) is 77.0 Å². The van der Waals surface area contributed by atoms with Gasteiger partial charge >= 0.3 is 5.97 Å². The second kappa shape index (κ2) is 43.2. The van der Waals surface area contributed by atoms with Gasteiger partial charge in [0.25, 0.3) is 0 Å². The molecule has 61 heavy (non-hydrogen) atoms. The maximum Gasteiger partial charge on any atom is 0.306 e. The number of esters is 1. The summed E-state index contributed by atoms with van der Waals surface area (Å²) in [6, 6.07) is 0. The fourth-order valence-electron chi connectivity index (χ4n) is 7.34. The van der Waals surface area contributed by atoms with Crippen LogP contribution in [0.4, 0.5) is 0 Å². The van der Waals surface area contributed by atoms with Crippen molar-refractivity contribution in [1.29, 1.82) is 0 Å². The minimum absolute atomic E-state index is 0.117. The number of carbonyl (C=O) groups is 1. The molecule has 6 unspecified atom stereocenters. The van der Waals surface area contributed by atoms with Crippen molar-refractivity contribution < 1.29 is 44.2 Å². The largest absolute Gasteiger partial charge is 0.457 e. The van der Waals surface area contributed by atoms with Crippen LogP contribution in [0.15, 0.2) is 60.8 Å². The highest BCUT2D eigenvalue weighted by Crippen LogP contribution is 2.23. The summed E-state index contributed by atoms with van der Waals surface area (Å²) in [6.45, 7) is 4.44. The molecule has 0 radical (unpaired) electrons. The standard InChI is InChI=1S/C52H92O9/c1-3-5-7-9-11-13-15-17-19-20-21-22-23-24-25-26-27-28-30-32-34-36-38-40-42-58-44-46(45-59-52-51(57)50(56)49(55)47(43-53)61-52)60-48(54)41-39-37-35-33-31-29-18-16-14-12-10-8-6-4-2/h5,7,11,13,17,19,21-22,24-25,46-47,49-53,55-57H,3-4,6,8-10,12,14-16,18,20,23,26-45H2,1-2H3/b7-5-,13-11-,19-17-,22-21-,25-24-. The van der Waals surface area contributed by atoms with Crippen molar-refractivity contribution in [2.75, 3.05) is 26.4 Å². The molecule has 0 spiro atoms. The van der Waals surface area contributed by atoms with Gasteiger partial charge in [-0.25, -0.2) is 0 Å². The van der Waals surface area contributed by atoms with Crippen LogP contribution in [0.25, 0.3) is 0 Å². The number of ether oxygens (including phenoxy) is 4. The van der Waals surface area contributed by atoms with Gasteiger partial charge in [0.1, 0.15) is 30.5 Å². The zero-order valence-corrected chi connectivity index (χ0v) is 38.9. The zero-order chi connectivity index (χ0) is 44.3. The average Bonchev–Trinajstić information content (AvgIpc) is 3.26. The van der Waals surface area contributed by atoms with E-state index in [1.54, 1.807) is 0 Å². The van der Waals surface area contributed by atoms with Gasteiger partial charge in [0, 0.05) is 13.0 Å². The van der Waals surface area contributed by atoms with Gasteiger partial charge in [-0.15, -0.1) is 0 Å². The summed E-state index contributed by atoms with van der Waals surface area (Å²) in [5.74, 6) is -0.317. The summed E-state index contributed by atoms with van der Waals surface area (Å²) in [7, 11) is 0. The van der Waals surface area contributed by atoms with E-state index in [4.69, 9.17) is 18.9 Å². The minimum atomic E-state index is -1.54. The molecule has 0 aromatic heterocycles. The van der Waals surface area contributed by atoms with Gasteiger partial charge in [-0.1, -0.05) is 197 Å². The lowest BCUT2D eigenvalue weighted by molar-refractivity contribution is -0.305. The van der Waals surface area contributed by atoms with E-state index in [2.05, 4.69) is 74.6 Å². The number of hydrogen-bond donors (Lipinski definition) is 4. The molecule has 0 aromatic rings. The van der Waals surface area contributed by atoms with Gasteiger partial charge in [0.15, 0.2) is 6.29 Å². The molecule has 9 heteroatoms. The highest BCUT2D eigenvalue weighted by molar-refractivity contribution is 5.69. The third-order valence-corrected chi connectivity index (χ3v) is 11.2. The Labute approximate surface area is 373 Å². The zero-order valence-electron chi connectivity index (χ0n) is 38.9. The van der Waals surface area contributed by atoms with Crippen molar-refractivity contribution >= 4 is 5.97 Å². The normalized spacial score (nSPS) is 20.4. The first-order valence-electron chi connectivity index (χ1n) is 24.9. The van der Waals surface area contributed by atoms with Gasteiger partial charge < -0.3 is 39.4 Å². The van der Waals surface area contributed by atoms with Crippen molar-refractivity contribution in [3.8, 4) is 0 Å². The second-order valence-corrected chi connectivity index (χ2v) is 16.9. The van der Waals surface area contributed by atoms with E-state index in [9.17, 15) is 25.2 Å². The van der Waals surface area contributed by atoms with E-state index in [1.165, 1.54) is 103 Å². The first kappa shape index (κ1) is 56.9. The first-order chi connectivity index (χ1) is 29.9. The molecule has 1 aliphatic heterocycles. The molecular weight excluding hydrogens is 769 g/mol. The predicted octanol–water partition coefficient (Wildman–Crippen LogP) is 11.9. The Balaban J connectivity index is 2.21. The summed E-state index contributed by atoms with van der Waals surface area (Å²) in [5.41, 5.74) is 0. The van der Waals surface area contributed by atoms with Crippen LogP contribution >= 0.6 is 0 Å². The molecule has 1 saturated heterocycles. The first-order valence-corrected chi connectivity index (χ1v) is 24.9. The topological polar surface area (TPSA) is 135 Å². The minimum Gasteiger partial charge on any atom is -0.457 e. The Morgan fingerprint density at radius 3 is 1.51 bits per heavy atom. The van der Waals surface area contributed by atoms with Crippen LogP contribution in [0, 0.1) is 0 Å². The third kappa shape index (κ3) is 34.0. The fourth-order valence-corrected chi connectivity index (χ4v) is 7.34. The Bertz CT molecular complexity index is 1120. The number of allylic oxidation sites excluding steroid dienone is 10. The van der Waals surface area contributed by atoms with E-state index >= 15 is 0 Å². The Morgan fingerprint density at radius 2 is 1.00 bits per heavy atom. The van der Waals surface area contributed by atoms with Gasteiger partial charge in [-0.05, 0) is 57.8 Å². The van der Waals surface area contributed by atoms with Crippen LogP contribution < -0.4 is 0 Å². The lowest BCUT2D eigenvalue weighted by Gasteiger charge is -2.39. The maximum absolute atomic E-state index is 12.8. The Hall–Kier alpha value is -2.11. The van der Waals surface area contributed by atoms with Gasteiger partial charge in [-0.2, -0.15) is 0 Å². The summed E-state index contributed by atoms with van der Waals surface area (Å²) in [4.78, 5) is 12.8. The average molecular weight is 861 g/mol. The van der Waals surface area contributed by atoms with Crippen LogP contribution in [0.5, 0.6) is 0 Å². The summed E-state index contributed by atoms with van der Waals surface area (Å²) in [5, 5.41) is 40.2. The molecule has 1 fully saturated rings. The van der Waals surface area contributed by atoms with Gasteiger partial charge in [0.05, 0.1) is 19.8 Å². The number of rotatable bonds is 42. The molecule has 1 rings (SSSR count). The quantitative estimate of drug-likeness (QED) is 0.0269. The van der Waals surface area contributed by atoms with Crippen LogP contribution in [0.2, 0.25) is 0 Å². The Kier molecular flexibility index (Phi) is 40.3.